The van der Waals surface area contributed by atoms with Crippen LogP contribution in [-0.2, 0) is 11.2 Å². The van der Waals surface area contributed by atoms with Crippen LogP contribution in [-0.4, -0.2) is 6.29 Å². The first kappa shape index (κ1) is 11.0. The van der Waals surface area contributed by atoms with Gasteiger partial charge in [0.2, 0.25) is 6.29 Å². The number of aryl methyl sites for hydroxylation is 1. The van der Waals surface area contributed by atoms with Crippen LogP contribution in [0.1, 0.15) is 37.8 Å². The molecule has 1 heteroatoms. The largest absolute Gasteiger partial charge is 0.285 e. The fourth-order valence-corrected chi connectivity index (χ4v) is 1.44. The van der Waals surface area contributed by atoms with Crippen LogP contribution in [0.25, 0.3) is 0 Å². The molecule has 0 aliphatic carbocycles. The number of hydrogen-bond donors (Lipinski definition) is 0. The van der Waals surface area contributed by atoms with Gasteiger partial charge in [-0.2, -0.15) is 0 Å². The summed E-state index contributed by atoms with van der Waals surface area (Å²) < 4.78 is 0. The standard InChI is InChI=1S/C13H17O/c1-3-11(2)8-9-12-6-4-5-7-13(12)10-14/h4-7,11H,3,8-9H2,1-2H3. The van der Waals surface area contributed by atoms with Crippen LogP contribution >= 0.6 is 0 Å². The highest BCUT2D eigenvalue weighted by Crippen LogP contribution is 2.14. The molecule has 1 nitrogen and oxygen atoms in total. The van der Waals surface area contributed by atoms with Crippen molar-refractivity contribution in [1.29, 1.82) is 0 Å². The molecule has 0 aliphatic heterocycles. The van der Waals surface area contributed by atoms with Gasteiger partial charge in [0.1, 0.15) is 0 Å². The van der Waals surface area contributed by atoms with Crippen LogP contribution in [0.2, 0.25) is 0 Å². The van der Waals surface area contributed by atoms with E-state index in [2.05, 4.69) is 13.8 Å². The molecule has 0 saturated carbocycles. The van der Waals surface area contributed by atoms with E-state index in [0.29, 0.717) is 0 Å². The zero-order chi connectivity index (χ0) is 10.4. The van der Waals surface area contributed by atoms with Crippen LogP contribution < -0.4 is 0 Å². The van der Waals surface area contributed by atoms with E-state index in [1.54, 1.807) is 0 Å². The molecule has 0 heterocycles. The minimum atomic E-state index is 0.718. The van der Waals surface area contributed by atoms with E-state index < -0.39 is 0 Å². The van der Waals surface area contributed by atoms with Crippen LogP contribution in [0.15, 0.2) is 24.3 Å². The predicted molar refractivity (Wildman–Crippen MR) is 59.0 cm³/mol. The highest BCUT2D eigenvalue weighted by molar-refractivity contribution is 5.77. The summed E-state index contributed by atoms with van der Waals surface area (Å²) in [6.45, 7) is 4.44. The first-order chi connectivity index (χ1) is 6.77. The second-order valence-electron chi connectivity index (χ2n) is 3.81. The molecule has 0 fully saturated rings. The molecule has 14 heavy (non-hydrogen) atoms. The smallest absolute Gasteiger partial charge is 0.233 e. The van der Waals surface area contributed by atoms with Gasteiger partial charge in [-0.15, -0.1) is 0 Å². The third-order valence-electron chi connectivity index (χ3n) is 2.73. The van der Waals surface area contributed by atoms with Crippen molar-refractivity contribution in [2.75, 3.05) is 0 Å². The minimum Gasteiger partial charge on any atom is -0.285 e. The molecule has 0 saturated heterocycles. The molecule has 0 spiro atoms. The van der Waals surface area contributed by atoms with Crippen LogP contribution in [0.3, 0.4) is 0 Å². The maximum atomic E-state index is 10.6. The lowest BCUT2D eigenvalue weighted by molar-refractivity contribution is 0.516. The molecule has 1 aromatic rings. The van der Waals surface area contributed by atoms with Gasteiger partial charge in [-0.3, -0.25) is 4.79 Å². The third-order valence-corrected chi connectivity index (χ3v) is 2.73. The molecule has 0 bridgehead atoms. The summed E-state index contributed by atoms with van der Waals surface area (Å²) in [5.74, 6) is 0.731. The van der Waals surface area contributed by atoms with Crippen molar-refractivity contribution < 1.29 is 4.79 Å². The molecule has 1 rings (SSSR count). The third kappa shape index (κ3) is 2.99. The molecular formula is C13H17O. The van der Waals surface area contributed by atoms with E-state index in [1.807, 2.05) is 30.6 Å². The number of carbonyl (C=O) groups excluding carboxylic acids is 1. The van der Waals surface area contributed by atoms with E-state index in [9.17, 15) is 4.79 Å². The first-order valence-corrected chi connectivity index (χ1v) is 5.24. The molecule has 1 unspecified atom stereocenters. The van der Waals surface area contributed by atoms with Crippen molar-refractivity contribution in [3.63, 3.8) is 0 Å². The Labute approximate surface area is 86.1 Å². The summed E-state index contributed by atoms with van der Waals surface area (Å²) in [6, 6.07) is 7.71. The number of benzene rings is 1. The molecule has 0 aromatic heterocycles. The molecular weight excluding hydrogens is 172 g/mol. The monoisotopic (exact) mass is 189 g/mol. The quantitative estimate of drug-likeness (QED) is 0.695. The first-order valence-electron chi connectivity index (χ1n) is 5.24. The zero-order valence-corrected chi connectivity index (χ0v) is 8.92. The molecule has 75 valence electrons. The van der Waals surface area contributed by atoms with Crippen molar-refractivity contribution in [3.05, 3.63) is 35.4 Å². The second kappa shape index (κ2) is 5.58. The van der Waals surface area contributed by atoms with Gasteiger partial charge < -0.3 is 0 Å². The van der Waals surface area contributed by atoms with Gasteiger partial charge in [0.05, 0.1) is 0 Å². The summed E-state index contributed by atoms with van der Waals surface area (Å²) in [5, 5.41) is 0. The Bertz CT molecular complexity index is 291. The van der Waals surface area contributed by atoms with Crippen molar-refractivity contribution in [3.8, 4) is 0 Å². The Morgan fingerprint density at radius 3 is 2.71 bits per heavy atom. The maximum absolute atomic E-state index is 10.6. The van der Waals surface area contributed by atoms with Crippen molar-refractivity contribution in [2.24, 2.45) is 5.92 Å². The van der Waals surface area contributed by atoms with Gasteiger partial charge in [0, 0.05) is 5.56 Å². The van der Waals surface area contributed by atoms with Gasteiger partial charge in [-0.1, -0.05) is 44.5 Å². The van der Waals surface area contributed by atoms with Crippen LogP contribution in [0, 0.1) is 5.92 Å². The lowest BCUT2D eigenvalue weighted by Crippen LogP contribution is -1.98. The summed E-state index contributed by atoms with van der Waals surface area (Å²) in [7, 11) is 0. The van der Waals surface area contributed by atoms with Gasteiger partial charge in [0.25, 0.3) is 0 Å². The molecule has 0 amide bonds. The summed E-state index contributed by atoms with van der Waals surface area (Å²) in [6.07, 6.45) is 5.32. The molecule has 1 radical (unpaired) electrons. The minimum absolute atomic E-state index is 0.718. The fourth-order valence-electron chi connectivity index (χ4n) is 1.44. The van der Waals surface area contributed by atoms with Crippen molar-refractivity contribution >= 4 is 6.29 Å². The SMILES string of the molecule is CCC(C)CCc1ccccc1[C]=O. The number of hydrogen-bond acceptors (Lipinski definition) is 1. The van der Waals surface area contributed by atoms with Gasteiger partial charge in [0.15, 0.2) is 0 Å². The summed E-state index contributed by atoms with van der Waals surface area (Å²) in [5.41, 5.74) is 1.85. The van der Waals surface area contributed by atoms with E-state index in [1.165, 1.54) is 6.42 Å². The predicted octanol–water partition coefficient (Wildman–Crippen LogP) is 3.12. The van der Waals surface area contributed by atoms with Crippen molar-refractivity contribution in [2.45, 2.75) is 33.1 Å². The fraction of sp³-hybridized carbons (Fsp3) is 0.462. The normalized spacial score (nSPS) is 12.4. The van der Waals surface area contributed by atoms with Crippen molar-refractivity contribution in [1.82, 2.24) is 0 Å². The van der Waals surface area contributed by atoms with Gasteiger partial charge >= 0.3 is 0 Å². The highest BCUT2D eigenvalue weighted by atomic mass is 16.1. The zero-order valence-electron chi connectivity index (χ0n) is 8.92. The Kier molecular flexibility index (Phi) is 4.37. The van der Waals surface area contributed by atoms with E-state index in [4.69, 9.17) is 0 Å². The molecule has 1 atom stereocenters. The lowest BCUT2D eigenvalue weighted by atomic mass is 9.97. The Balaban J connectivity index is 2.61. The lowest BCUT2D eigenvalue weighted by Gasteiger charge is -2.08. The highest BCUT2D eigenvalue weighted by Gasteiger charge is 2.03. The maximum Gasteiger partial charge on any atom is 0.233 e. The Morgan fingerprint density at radius 2 is 2.07 bits per heavy atom. The topological polar surface area (TPSA) is 17.1 Å². The molecule has 1 aromatic carbocycles. The average Bonchev–Trinajstić information content (AvgIpc) is 2.26. The second-order valence-corrected chi connectivity index (χ2v) is 3.81. The summed E-state index contributed by atoms with van der Waals surface area (Å²) >= 11 is 0. The van der Waals surface area contributed by atoms with E-state index in [0.717, 1.165) is 29.9 Å². The van der Waals surface area contributed by atoms with Gasteiger partial charge in [-0.25, -0.2) is 0 Å². The molecule has 0 aliphatic rings. The van der Waals surface area contributed by atoms with Crippen LogP contribution in [0.5, 0.6) is 0 Å². The summed E-state index contributed by atoms with van der Waals surface area (Å²) in [4.78, 5) is 10.6. The van der Waals surface area contributed by atoms with Gasteiger partial charge in [-0.05, 0) is 24.3 Å². The van der Waals surface area contributed by atoms with Crippen LogP contribution in [0.4, 0.5) is 0 Å². The van der Waals surface area contributed by atoms with E-state index >= 15 is 0 Å². The Morgan fingerprint density at radius 1 is 1.36 bits per heavy atom. The number of rotatable bonds is 5. The van der Waals surface area contributed by atoms with E-state index in [-0.39, 0.29) is 0 Å². The molecule has 0 N–H and O–H groups in total. The Hall–Kier alpha value is -1.11. The average molecular weight is 189 g/mol.